The first kappa shape index (κ1) is 22.3. The number of nitrogens with one attached hydrogen (secondary N) is 3. The number of hydrogen-bond acceptors (Lipinski definition) is 6. The van der Waals surface area contributed by atoms with Gasteiger partial charge in [0.25, 0.3) is 0 Å². The van der Waals surface area contributed by atoms with Gasteiger partial charge in [-0.2, -0.15) is 5.10 Å². The van der Waals surface area contributed by atoms with Crippen LogP contribution in [-0.2, 0) is 20.9 Å². The largest absolute Gasteiger partial charge is 0.371 e. The lowest BCUT2D eigenvalue weighted by Gasteiger charge is -2.19. The minimum Gasteiger partial charge on any atom is -0.371 e. The predicted molar refractivity (Wildman–Crippen MR) is 116 cm³/mol. The standard InChI is InChI=1S/C21H29N7O3/c1-15(24-20(30)21(31)25-16(2)12-28-14-22-13-23-28)10-19(29)26-17-6-5-7-18(11-17)27-8-3-4-9-27/h5-7,11,13-16H,3-4,8-10,12H2,1-2H3,(H,24,30)(H,25,31)(H,26,29). The number of carbonyl (C=O) groups is 3. The minimum atomic E-state index is -0.776. The van der Waals surface area contributed by atoms with Gasteiger partial charge in [-0.3, -0.25) is 19.1 Å². The number of carbonyl (C=O) groups excluding carboxylic acids is 3. The highest BCUT2D eigenvalue weighted by molar-refractivity contribution is 6.35. The van der Waals surface area contributed by atoms with Gasteiger partial charge in [-0.05, 0) is 44.9 Å². The monoisotopic (exact) mass is 427 g/mol. The van der Waals surface area contributed by atoms with Crippen molar-refractivity contribution in [2.24, 2.45) is 0 Å². The van der Waals surface area contributed by atoms with Crippen molar-refractivity contribution in [1.82, 2.24) is 25.4 Å². The van der Waals surface area contributed by atoms with Crippen LogP contribution >= 0.6 is 0 Å². The lowest BCUT2D eigenvalue weighted by atomic mass is 10.2. The summed E-state index contributed by atoms with van der Waals surface area (Å²) < 4.78 is 1.56. The predicted octanol–water partition coefficient (Wildman–Crippen LogP) is 0.917. The van der Waals surface area contributed by atoms with Crippen molar-refractivity contribution in [3.63, 3.8) is 0 Å². The highest BCUT2D eigenvalue weighted by atomic mass is 16.2. The summed E-state index contributed by atoms with van der Waals surface area (Å²) in [7, 11) is 0. The summed E-state index contributed by atoms with van der Waals surface area (Å²) in [6.45, 7) is 5.90. The third-order valence-electron chi connectivity index (χ3n) is 4.98. The average molecular weight is 428 g/mol. The molecule has 1 fully saturated rings. The number of anilines is 2. The quantitative estimate of drug-likeness (QED) is 0.539. The van der Waals surface area contributed by atoms with E-state index in [2.05, 4.69) is 30.9 Å². The second-order valence-corrected chi connectivity index (χ2v) is 7.86. The Balaban J connectivity index is 1.42. The third-order valence-corrected chi connectivity index (χ3v) is 4.98. The molecule has 1 aliphatic rings. The molecule has 166 valence electrons. The Hall–Kier alpha value is -3.43. The smallest absolute Gasteiger partial charge is 0.309 e. The topological polar surface area (TPSA) is 121 Å². The minimum absolute atomic E-state index is 0.0570. The van der Waals surface area contributed by atoms with Crippen molar-refractivity contribution in [3.05, 3.63) is 36.9 Å². The fourth-order valence-corrected chi connectivity index (χ4v) is 3.53. The lowest BCUT2D eigenvalue weighted by molar-refractivity contribution is -0.140. The van der Waals surface area contributed by atoms with Gasteiger partial charge < -0.3 is 20.9 Å². The maximum atomic E-state index is 12.4. The average Bonchev–Trinajstić information content (AvgIpc) is 3.42. The van der Waals surface area contributed by atoms with Crippen LogP contribution in [0.25, 0.3) is 0 Å². The van der Waals surface area contributed by atoms with E-state index in [1.807, 2.05) is 24.3 Å². The molecule has 0 spiro atoms. The van der Waals surface area contributed by atoms with Gasteiger partial charge in [0.2, 0.25) is 5.91 Å². The molecule has 2 unspecified atom stereocenters. The molecule has 0 bridgehead atoms. The normalized spacial score (nSPS) is 15.2. The van der Waals surface area contributed by atoms with Crippen molar-refractivity contribution in [2.75, 3.05) is 23.3 Å². The summed E-state index contributed by atoms with van der Waals surface area (Å²) in [5, 5.41) is 12.0. The zero-order valence-electron chi connectivity index (χ0n) is 17.9. The van der Waals surface area contributed by atoms with Crippen molar-refractivity contribution in [3.8, 4) is 0 Å². The van der Waals surface area contributed by atoms with Crippen LogP contribution in [0, 0.1) is 0 Å². The van der Waals surface area contributed by atoms with Gasteiger partial charge in [0.05, 0.1) is 6.54 Å². The Kier molecular flexibility index (Phi) is 7.58. The molecule has 1 aromatic heterocycles. The SMILES string of the molecule is CC(CC(=O)Nc1cccc(N2CCCC2)c1)NC(=O)C(=O)NC(C)Cn1cncn1. The number of rotatable bonds is 8. The van der Waals surface area contributed by atoms with E-state index in [9.17, 15) is 14.4 Å². The summed E-state index contributed by atoms with van der Waals surface area (Å²) in [4.78, 5) is 42.7. The Labute approximate surface area is 181 Å². The zero-order valence-corrected chi connectivity index (χ0v) is 17.9. The van der Waals surface area contributed by atoms with E-state index in [0.717, 1.165) is 18.8 Å². The van der Waals surface area contributed by atoms with E-state index in [-0.39, 0.29) is 18.4 Å². The molecule has 1 aromatic carbocycles. The molecule has 3 rings (SSSR count). The fourth-order valence-electron chi connectivity index (χ4n) is 3.53. The molecule has 31 heavy (non-hydrogen) atoms. The first-order chi connectivity index (χ1) is 14.9. The molecule has 10 heteroatoms. The molecule has 1 aliphatic heterocycles. The first-order valence-corrected chi connectivity index (χ1v) is 10.5. The zero-order chi connectivity index (χ0) is 22.2. The first-order valence-electron chi connectivity index (χ1n) is 10.5. The number of amides is 3. The van der Waals surface area contributed by atoms with Gasteiger partial charge in [0, 0.05) is 43.0 Å². The van der Waals surface area contributed by atoms with Crippen LogP contribution in [0.4, 0.5) is 11.4 Å². The lowest BCUT2D eigenvalue weighted by Crippen LogP contribution is -2.47. The number of nitrogens with zero attached hydrogens (tertiary/aromatic N) is 4. The second-order valence-electron chi connectivity index (χ2n) is 7.86. The van der Waals surface area contributed by atoms with Crippen molar-refractivity contribution in [1.29, 1.82) is 0 Å². The Bertz CT molecular complexity index is 894. The number of aromatic nitrogens is 3. The fraction of sp³-hybridized carbons (Fsp3) is 0.476. The summed E-state index contributed by atoms with van der Waals surface area (Å²) >= 11 is 0. The van der Waals surface area contributed by atoms with Crippen molar-refractivity contribution >= 4 is 29.1 Å². The molecule has 0 aliphatic carbocycles. The highest BCUT2D eigenvalue weighted by Crippen LogP contribution is 2.23. The molecular weight excluding hydrogens is 398 g/mol. The van der Waals surface area contributed by atoms with E-state index in [1.165, 1.54) is 25.5 Å². The van der Waals surface area contributed by atoms with E-state index in [4.69, 9.17) is 0 Å². The Morgan fingerprint density at radius 2 is 1.77 bits per heavy atom. The van der Waals surface area contributed by atoms with E-state index in [0.29, 0.717) is 12.2 Å². The molecule has 0 saturated carbocycles. The molecule has 0 radical (unpaired) electrons. The van der Waals surface area contributed by atoms with E-state index < -0.39 is 17.9 Å². The van der Waals surface area contributed by atoms with Crippen LogP contribution in [0.5, 0.6) is 0 Å². The van der Waals surface area contributed by atoms with Crippen LogP contribution in [-0.4, -0.2) is 57.7 Å². The van der Waals surface area contributed by atoms with Gasteiger partial charge in [-0.25, -0.2) is 4.98 Å². The van der Waals surface area contributed by atoms with Gasteiger partial charge in [-0.15, -0.1) is 0 Å². The maximum Gasteiger partial charge on any atom is 0.309 e. The van der Waals surface area contributed by atoms with Crippen LogP contribution in [0.3, 0.4) is 0 Å². The number of hydrogen-bond donors (Lipinski definition) is 3. The summed E-state index contributed by atoms with van der Waals surface area (Å²) in [5.74, 6) is -1.76. The van der Waals surface area contributed by atoms with Crippen LogP contribution in [0.2, 0.25) is 0 Å². The summed E-state index contributed by atoms with van der Waals surface area (Å²) in [5.41, 5.74) is 1.81. The molecule has 2 atom stereocenters. The molecule has 3 amide bonds. The van der Waals surface area contributed by atoms with Gasteiger partial charge >= 0.3 is 11.8 Å². The summed E-state index contributed by atoms with van der Waals surface area (Å²) in [6, 6.07) is 6.94. The second kappa shape index (κ2) is 10.6. The molecular formula is C21H29N7O3. The Morgan fingerprint density at radius 3 is 2.45 bits per heavy atom. The van der Waals surface area contributed by atoms with Crippen LogP contribution < -0.4 is 20.9 Å². The highest BCUT2D eigenvalue weighted by Gasteiger charge is 2.20. The Morgan fingerprint density at radius 1 is 1.06 bits per heavy atom. The van der Waals surface area contributed by atoms with Gasteiger partial charge in [-0.1, -0.05) is 6.07 Å². The molecule has 3 N–H and O–H groups in total. The van der Waals surface area contributed by atoms with E-state index in [1.54, 1.807) is 18.5 Å². The van der Waals surface area contributed by atoms with Gasteiger partial charge in [0.15, 0.2) is 0 Å². The molecule has 2 heterocycles. The van der Waals surface area contributed by atoms with Crippen LogP contribution in [0.1, 0.15) is 33.1 Å². The summed E-state index contributed by atoms with van der Waals surface area (Å²) in [6.07, 6.45) is 5.35. The van der Waals surface area contributed by atoms with Crippen molar-refractivity contribution < 1.29 is 14.4 Å². The maximum absolute atomic E-state index is 12.4. The molecule has 10 nitrogen and oxygen atoms in total. The van der Waals surface area contributed by atoms with Crippen molar-refractivity contribution in [2.45, 2.75) is 51.7 Å². The van der Waals surface area contributed by atoms with Gasteiger partial charge in [0.1, 0.15) is 12.7 Å². The van der Waals surface area contributed by atoms with E-state index >= 15 is 0 Å². The number of benzene rings is 1. The third kappa shape index (κ3) is 6.80. The molecule has 1 saturated heterocycles. The van der Waals surface area contributed by atoms with Crippen LogP contribution in [0.15, 0.2) is 36.9 Å². The molecule has 2 aromatic rings.